The highest BCUT2D eigenvalue weighted by Crippen LogP contribution is 2.39. The highest BCUT2D eigenvalue weighted by molar-refractivity contribution is 5.93. The van der Waals surface area contributed by atoms with Gasteiger partial charge >= 0.3 is 17.9 Å². The van der Waals surface area contributed by atoms with Gasteiger partial charge in [-0.2, -0.15) is 0 Å². The zero-order chi connectivity index (χ0) is 41.3. The van der Waals surface area contributed by atoms with Crippen molar-refractivity contribution < 1.29 is 73.4 Å². The number of rotatable bonds is 3. The van der Waals surface area contributed by atoms with Crippen LogP contribution >= 0.6 is 0 Å². The average Bonchev–Trinajstić information content (AvgIpc) is 3.78. The van der Waals surface area contributed by atoms with Crippen molar-refractivity contribution in [2.24, 2.45) is 11.7 Å². The fourth-order valence-electron chi connectivity index (χ4n) is 7.07. The molecule has 312 valence electrons. The van der Waals surface area contributed by atoms with Gasteiger partial charge in [0, 0.05) is 43.7 Å². The smallest absolute Gasteiger partial charge is 0.338 e. The van der Waals surface area contributed by atoms with Gasteiger partial charge in [0.1, 0.15) is 30.8 Å². The van der Waals surface area contributed by atoms with E-state index < -0.39 is 97.3 Å². The number of nitrogens with two attached hydrogens (primary N) is 1. The molecule has 5 aliphatic heterocycles. The fraction of sp³-hybridized carbons (Fsp3) is 0.537. The first-order valence-corrected chi connectivity index (χ1v) is 19.0. The van der Waals surface area contributed by atoms with E-state index in [0.29, 0.717) is 18.6 Å². The molecule has 14 atom stereocenters. The Morgan fingerprint density at radius 2 is 1.61 bits per heavy atom. The predicted molar refractivity (Wildman–Crippen MR) is 201 cm³/mol. The topological polar surface area (TPSA) is 257 Å². The minimum atomic E-state index is -2.10. The van der Waals surface area contributed by atoms with E-state index in [1.165, 1.54) is 12.2 Å². The average molecular weight is 800 g/mol. The Balaban J connectivity index is 0.000000532. The van der Waals surface area contributed by atoms with Gasteiger partial charge in [-0.25, -0.2) is 9.59 Å². The van der Waals surface area contributed by atoms with Crippen LogP contribution in [-0.2, 0) is 44.6 Å². The summed E-state index contributed by atoms with van der Waals surface area (Å²) >= 11 is 0. The maximum atomic E-state index is 12.3. The molecule has 0 radical (unpaired) electrons. The number of aliphatic hydroxyl groups excluding tert-OH is 4. The molecule has 1 aromatic carbocycles. The molecule has 3 saturated heterocycles. The van der Waals surface area contributed by atoms with Gasteiger partial charge in [0.05, 0.1) is 54.3 Å². The molecule has 6 rings (SSSR count). The zero-order valence-corrected chi connectivity index (χ0v) is 31.8. The number of carbonyl (C=O) groups excluding carboxylic acids is 2. The van der Waals surface area contributed by atoms with Gasteiger partial charge < -0.3 is 64.8 Å². The molecule has 1 aromatic rings. The molecule has 57 heavy (non-hydrogen) atoms. The van der Waals surface area contributed by atoms with Crippen molar-refractivity contribution in [1.29, 1.82) is 0 Å². The molecule has 5 aliphatic rings. The number of hydrogen-bond donors (Lipinski definition) is 7. The van der Waals surface area contributed by atoms with E-state index in [1.807, 2.05) is 24.3 Å². The number of fused-ring (bicyclic) bond motifs is 4. The first-order chi connectivity index (χ1) is 27.1. The normalized spacial score (nSPS) is 41.5. The monoisotopic (exact) mass is 799 g/mol. The number of esters is 2. The lowest BCUT2D eigenvalue weighted by Crippen LogP contribution is -2.61. The number of aliphatic carboxylic acids is 1. The van der Waals surface area contributed by atoms with Crippen LogP contribution in [0.1, 0.15) is 61.9 Å². The van der Waals surface area contributed by atoms with E-state index in [9.17, 15) is 45.0 Å². The van der Waals surface area contributed by atoms with Crippen LogP contribution in [0.2, 0.25) is 0 Å². The van der Waals surface area contributed by atoms with Gasteiger partial charge in [0.15, 0.2) is 12.1 Å². The third-order valence-corrected chi connectivity index (χ3v) is 10.2. The van der Waals surface area contributed by atoms with Crippen LogP contribution in [0.3, 0.4) is 0 Å². The van der Waals surface area contributed by atoms with E-state index in [4.69, 9.17) is 34.2 Å². The Hall–Kier alpha value is -4.07. The van der Waals surface area contributed by atoms with Gasteiger partial charge in [0.25, 0.3) is 0 Å². The molecule has 2 bridgehead atoms. The second-order valence-corrected chi connectivity index (χ2v) is 14.8. The van der Waals surface area contributed by atoms with Crippen LogP contribution in [0.25, 0.3) is 0 Å². The summed E-state index contributed by atoms with van der Waals surface area (Å²) in [4.78, 5) is 35.3. The number of aliphatic hydroxyl groups is 5. The molecule has 0 aliphatic carbocycles. The van der Waals surface area contributed by atoms with Crippen molar-refractivity contribution in [2.45, 2.75) is 132 Å². The Labute approximate surface area is 330 Å². The summed E-state index contributed by atoms with van der Waals surface area (Å²) in [6.07, 6.45) is 5.25. The molecule has 0 unspecified atom stereocenters. The van der Waals surface area contributed by atoms with E-state index >= 15 is 0 Å². The maximum absolute atomic E-state index is 12.3. The van der Waals surface area contributed by atoms with Crippen LogP contribution in [0, 0.1) is 5.92 Å². The number of cyclic esters (lactones) is 2. The number of allylic oxidation sites excluding steroid dienone is 6. The molecular weight excluding hydrogens is 746 g/mol. The highest BCUT2D eigenvalue weighted by Gasteiger charge is 2.51. The number of ether oxygens (including phenoxy) is 6. The minimum Gasteiger partial charge on any atom is -0.481 e. The lowest BCUT2D eigenvalue weighted by molar-refractivity contribution is -0.308. The highest BCUT2D eigenvalue weighted by atomic mass is 16.7. The van der Waals surface area contributed by atoms with Gasteiger partial charge in [-0.05, 0) is 26.0 Å². The summed E-state index contributed by atoms with van der Waals surface area (Å²) in [6.45, 7) is 3.78. The van der Waals surface area contributed by atoms with Crippen LogP contribution in [-0.4, -0.2) is 128 Å². The van der Waals surface area contributed by atoms with Gasteiger partial charge in [-0.3, -0.25) is 4.79 Å². The summed E-state index contributed by atoms with van der Waals surface area (Å²) in [5.74, 6) is -5.64. The van der Waals surface area contributed by atoms with Crippen LogP contribution in [0.4, 0.5) is 0 Å². The number of epoxide rings is 1. The number of carboxylic acids is 1. The Bertz CT molecular complexity index is 1690. The Kier molecular flexibility index (Phi) is 15.5. The first-order valence-electron chi connectivity index (χ1n) is 19.0. The third-order valence-electron chi connectivity index (χ3n) is 10.2. The van der Waals surface area contributed by atoms with Gasteiger partial charge in [0.2, 0.25) is 0 Å². The molecule has 16 heteroatoms. The largest absolute Gasteiger partial charge is 0.481 e. The summed E-state index contributed by atoms with van der Waals surface area (Å²) in [5, 5.41) is 63.9. The molecule has 16 nitrogen and oxygen atoms in total. The van der Waals surface area contributed by atoms with Crippen molar-refractivity contribution in [3.8, 4) is 0 Å². The van der Waals surface area contributed by atoms with Gasteiger partial charge in [-0.15, -0.1) is 0 Å². The number of carbonyl (C=O) groups is 3. The van der Waals surface area contributed by atoms with Crippen molar-refractivity contribution in [1.82, 2.24) is 0 Å². The molecular formula is C41H53NO15. The molecule has 0 spiro atoms. The molecule has 0 saturated carbocycles. The molecule has 0 aromatic heterocycles. The molecule has 0 amide bonds. The van der Waals surface area contributed by atoms with Crippen molar-refractivity contribution >= 4 is 17.9 Å². The van der Waals surface area contributed by atoms with Gasteiger partial charge in [-0.1, -0.05) is 66.8 Å². The van der Waals surface area contributed by atoms with Crippen LogP contribution in [0.5, 0.6) is 0 Å². The van der Waals surface area contributed by atoms with Crippen molar-refractivity contribution in [2.75, 3.05) is 0 Å². The Morgan fingerprint density at radius 1 is 0.895 bits per heavy atom. The quantitative estimate of drug-likeness (QED) is 0.169. The third kappa shape index (κ3) is 12.5. The van der Waals surface area contributed by atoms with Crippen LogP contribution in [0.15, 0.2) is 85.0 Å². The van der Waals surface area contributed by atoms with E-state index in [2.05, 4.69) is 0 Å². The second kappa shape index (κ2) is 20.1. The summed E-state index contributed by atoms with van der Waals surface area (Å²) < 4.78 is 33.3. The fourth-order valence-corrected chi connectivity index (χ4v) is 7.07. The summed E-state index contributed by atoms with van der Waals surface area (Å²) in [5.41, 5.74) is 7.68. The molecule has 8 N–H and O–H groups in total. The second-order valence-electron chi connectivity index (χ2n) is 14.8. The standard InChI is InChI=1S/C33H47NO13.C8H6O2/c1-18-10-8-6-4-3-5-7-9-11-21(45-32-30(39)28(34)29(38)19(2)44-32)15-25-27(31(40)41)22(36)17-33(42,47-25)16-20(35)14-24-23(46-24)12-13-26(37)43-18;9-8-7-4-2-1-3-6(7)5-10-8/h3-9,11-13,18-25,27-30,32,35-36,38-39,42H,10,14-17,34H2,1-2H3,(H,40,41);1-4H,5H2/b4-3+,7-5+,8-6+,11-9+,13-12+;/t18-,19-,20+,21+,22+,23-,24-,25+,27-,28+,29-,30+,32+,33-;/m1./s1. The van der Waals surface area contributed by atoms with Crippen molar-refractivity contribution in [3.05, 3.63) is 96.2 Å². The predicted octanol–water partition coefficient (Wildman–Crippen LogP) is 1.48. The van der Waals surface area contributed by atoms with E-state index in [-0.39, 0.29) is 31.3 Å². The van der Waals surface area contributed by atoms with E-state index in [1.54, 1.807) is 62.4 Å². The lowest BCUT2D eigenvalue weighted by atomic mass is 9.83. The molecule has 3 fully saturated rings. The zero-order valence-electron chi connectivity index (χ0n) is 31.8. The Morgan fingerprint density at radius 3 is 2.35 bits per heavy atom. The van der Waals surface area contributed by atoms with Crippen molar-refractivity contribution in [3.63, 3.8) is 0 Å². The van der Waals surface area contributed by atoms with E-state index in [0.717, 1.165) is 5.56 Å². The minimum absolute atomic E-state index is 0.0789. The first kappa shape index (κ1) is 44.0. The summed E-state index contributed by atoms with van der Waals surface area (Å²) in [6, 6.07) is 6.35. The molecule has 5 heterocycles. The number of benzene rings is 1. The number of hydrogen-bond acceptors (Lipinski definition) is 15. The lowest BCUT2D eigenvalue weighted by Gasteiger charge is -2.45. The summed E-state index contributed by atoms with van der Waals surface area (Å²) in [7, 11) is 0. The number of carboxylic acid groups (broad SMARTS) is 1. The SMILES string of the molecule is C[C@@H]1C/C=C/C=C/C=C/C=C/[C@H](O[C@@H]2O[C@H](C)[C@@H](O)[C@H](N)[C@@H]2O)C[C@@H]2O[C@](O)(C[C@@H](O)C[C@H]3O[C@@H]3/C=C/C(=O)O1)C[C@H](O)[C@H]2C(=O)O.O=C1OCc2ccccc21. The van der Waals surface area contributed by atoms with Crippen LogP contribution < -0.4 is 5.73 Å². The maximum Gasteiger partial charge on any atom is 0.338 e.